The highest BCUT2D eigenvalue weighted by Gasteiger charge is 2.01. The summed E-state index contributed by atoms with van der Waals surface area (Å²) in [6, 6.07) is 0. The van der Waals surface area contributed by atoms with Crippen molar-refractivity contribution >= 4 is 12.6 Å². The van der Waals surface area contributed by atoms with E-state index in [1.165, 1.54) is 38.5 Å². The number of unbranched alkanes of at least 4 members (excludes halogenated alkanes) is 5. The summed E-state index contributed by atoms with van der Waals surface area (Å²) in [5.41, 5.74) is 5.46. The smallest absolute Gasteiger partial charge is 0.243 e. The number of nitrogens with zero attached hydrogens (tertiary/aromatic N) is 2. The lowest BCUT2D eigenvalue weighted by molar-refractivity contribution is -0.696. The predicted octanol–water partition coefficient (Wildman–Crippen LogP) is 2.00. The Labute approximate surface area is 110 Å². The fourth-order valence-electron chi connectivity index (χ4n) is 1.96. The van der Waals surface area contributed by atoms with Gasteiger partial charge in [0, 0.05) is 5.75 Å². The first-order valence-corrected chi connectivity index (χ1v) is 7.36. The van der Waals surface area contributed by atoms with Gasteiger partial charge in [-0.25, -0.2) is 9.13 Å². The van der Waals surface area contributed by atoms with E-state index in [4.69, 9.17) is 5.73 Å². The van der Waals surface area contributed by atoms with Crippen molar-refractivity contribution in [1.29, 1.82) is 0 Å². The molecule has 2 N–H and O–H groups in total. The minimum Gasteiger partial charge on any atom is -0.330 e. The molecule has 98 valence electrons. The summed E-state index contributed by atoms with van der Waals surface area (Å²) in [6.07, 6.45) is 14.2. The van der Waals surface area contributed by atoms with Crippen LogP contribution < -0.4 is 10.3 Å². The summed E-state index contributed by atoms with van der Waals surface area (Å²) >= 11 is 4.23. The molecule has 0 bridgehead atoms. The molecule has 0 atom stereocenters. The van der Waals surface area contributed by atoms with Crippen molar-refractivity contribution in [2.75, 3.05) is 12.3 Å². The zero-order valence-corrected chi connectivity index (χ0v) is 11.6. The molecule has 4 heteroatoms. The quantitative estimate of drug-likeness (QED) is 0.375. The Morgan fingerprint density at radius 2 is 1.76 bits per heavy atom. The standard InChI is InChI=1S/C13H25N3S/c14-7-5-3-1-2-4-6-8-15-9-10-16(13-15)11-12-17/h9-10,13H,1-8,11-12,14H2/p+1. The number of thiol groups is 1. The second-order valence-corrected chi connectivity index (χ2v) is 4.97. The minimum atomic E-state index is 0.842. The summed E-state index contributed by atoms with van der Waals surface area (Å²) in [5.74, 6) is 0.899. The number of imidazole rings is 1. The van der Waals surface area contributed by atoms with E-state index >= 15 is 0 Å². The Hall–Kier alpha value is -0.480. The maximum absolute atomic E-state index is 5.46. The van der Waals surface area contributed by atoms with E-state index in [0.717, 1.165) is 25.4 Å². The van der Waals surface area contributed by atoms with Crippen LogP contribution in [0.25, 0.3) is 0 Å². The molecule has 0 radical (unpaired) electrons. The Kier molecular flexibility index (Phi) is 8.18. The van der Waals surface area contributed by atoms with Gasteiger partial charge in [0.05, 0.1) is 13.1 Å². The van der Waals surface area contributed by atoms with Crippen LogP contribution in [0.15, 0.2) is 18.7 Å². The van der Waals surface area contributed by atoms with Crippen molar-refractivity contribution in [3.63, 3.8) is 0 Å². The van der Waals surface area contributed by atoms with Crippen molar-refractivity contribution < 1.29 is 4.57 Å². The van der Waals surface area contributed by atoms with Gasteiger partial charge in [-0.15, -0.1) is 0 Å². The maximum Gasteiger partial charge on any atom is 0.243 e. The van der Waals surface area contributed by atoms with Crippen LogP contribution >= 0.6 is 12.6 Å². The number of nitrogens with two attached hydrogens (primary N) is 1. The van der Waals surface area contributed by atoms with Crippen LogP contribution in [0.3, 0.4) is 0 Å². The van der Waals surface area contributed by atoms with Crippen molar-refractivity contribution in [2.45, 2.75) is 51.6 Å². The van der Waals surface area contributed by atoms with Gasteiger partial charge in [-0.2, -0.15) is 12.6 Å². The molecule has 0 unspecified atom stereocenters. The van der Waals surface area contributed by atoms with Gasteiger partial charge >= 0.3 is 0 Å². The van der Waals surface area contributed by atoms with E-state index < -0.39 is 0 Å². The lowest BCUT2D eigenvalue weighted by Gasteiger charge is -1.99. The Balaban J connectivity index is 2.01. The topological polar surface area (TPSA) is 34.8 Å². The molecule has 3 nitrogen and oxygen atoms in total. The first-order chi connectivity index (χ1) is 8.36. The fourth-order valence-corrected chi connectivity index (χ4v) is 2.20. The van der Waals surface area contributed by atoms with E-state index in [2.05, 4.69) is 40.5 Å². The average Bonchev–Trinajstić information content (AvgIpc) is 2.76. The average molecular weight is 256 g/mol. The molecule has 0 aliphatic carbocycles. The normalized spacial score (nSPS) is 10.9. The van der Waals surface area contributed by atoms with E-state index in [9.17, 15) is 0 Å². The number of aromatic nitrogens is 2. The van der Waals surface area contributed by atoms with Gasteiger partial charge < -0.3 is 5.73 Å². The number of hydrogen-bond acceptors (Lipinski definition) is 2. The van der Waals surface area contributed by atoms with Crippen LogP contribution in [0.5, 0.6) is 0 Å². The third kappa shape index (κ3) is 6.74. The van der Waals surface area contributed by atoms with Crippen LogP contribution in [-0.2, 0) is 13.1 Å². The lowest BCUT2D eigenvalue weighted by Crippen LogP contribution is -2.30. The molecule has 0 fully saturated rings. The van der Waals surface area contributed by atoms with E-state index in [0.29, 0.717) is 0 Å². The van der Waals surface area contributed by atoms with E-state index in [1.807, 2.05) is 0 Å². The first-order valence-electron chi connectivity index (χ1n) is 6.72. The highest BCUT2D eigenvalue weighted by Crippen LogP contribution is 2.04. The van der Waals surface area contributed by atoms with Gasteiger partial charge in [0.2, 0.25) is 6.33 Å². The molecule has 17 heavy (non-hydrogen) atoms. The van der Waals surface area contributed by atoms with Crippen molar-refractivity contribution in [1.82, 2.24) is 4.57 Å². The molecular weight excluding hydrogens is 230 g/mol. The third-order valence-corrected chi connectivity index (χ3v) is 3.17. The number of rotatable bonds is 10. The summed E-state index contributed by atoms with van der Waals surface area (Å²) in [7, 11) is 0. The zero-order valence-electron chi connectivity index (χ0n) is 10.7. The van der Waals surface area contributed by atoms with Gasteiger partial charge in [0.25, 0.3) is 0 Å². The SMILES string of the molecule is NCCCCCCCC[n+]1ccn(CCS)c1. The molecule has 1 aromatic heterocycles. The Bertz CT molecular complexity index is 286. The monoisotopic (exact) mass is 256 g/mol. The van der Waals surface area contributed by atoms with Gasteiger partial charge in [0.1, 0.15) is 12.4 Å². The Morgan fingerprint density at radius 1 is 1.06 bits per heavy atom. The second kappa shape index (κ2) is 9.54. The zero-order chi connectivity index (χ0) is 12.3. The molecule has 0 spiro atoms. The van der Waals surface area contributed by atoms with Crippen LogP contribution in [0, 0.1) is 0 Å². The highest BCUT2D eigenvalue weighted by atomic mass is 32.1. The largest absolute Gasteiger partial charge is 0.330 e. The molecule has 1 heterocycles. The summed E-state index contributed by atoms with van der Waals surface area (Å²) in [6.45, 7) is 2.97. The van der Waals surface area contributed by atoms with Gasteiger partial charge in [-0.05, 0) is 25.8 Å². The lowest BCUT2D eigenvalue weighted by atomic mass is 10.1. The number of hydrogen-bond donors (Lipinski definition) is 2. The van der Waals surface area contributed by atoms with Gasteiger partial charge in [0.15, 0.2) is 0 Å². The number of aryl methyl sites for hydroxylation is 2. The summed E-state index contributed by atoms with van der Waals surface area (Å²) in [5, 5.41) is 0. The van der Waals surface area contributed by atoms with Gasteiger partial charge in [-0.1, -0.05) is 19.3 Å². The first kappa shape index (κ1) is 14.6. The summed E-state index contributed by atoms with van der Waals surface area (Å²) < 4.78 is 4.46. The third-order valence-electron chi connectivity index (χ3n) is 2.97. The van der Waals surface area contributed by atoms with Crippen LogP contribution in [0.4, 0.5) is 0 Å². The molecule has 0 amide bonds. The minimum absolute atomic E-state index is 0.842. The van der Waals surface area contributed by atoms with Crippen LogP contribution in [0.2, 0.25) is 0 Å². The molecule has 0 aromatic carbocycles. The Morgan fingerprint density at radius 3 is 2.47 bits per heavy atom. The van der Waals surface area contributed by atoms with Crippen molar-refractivity contribution in [3.05, 3.63) is 18.7 Å². The van der Waals surface area contributed by atoms with Crippen LogP contribution in [-0.4, -0.2) is 16.9 Å². The fraction of sp³-hybridized carbons (Fsp3) is 0.769. The molecule has 0 aliphatic heterocycles. The molecule has 0 saturated heterocycles. The predicted molar refractivity (Wildman–Crippen MR) is 75.2 cm³/mol. The second-order valence-electron chi connectivity index (χ2n) is 4.52. The molecule has 0 saturated carbocycles. The van der Waals surface area contributed by atoms with Crippen LogP contribution in [0.1, 0.15) is 38.5 Å². The van der Waals surface area contributed by atoms with Crippen molar-refractivity contribution in [3.8, 4) is 0 Å². The molecular formula is C13H26N3S+. The van der Waals surface area contributed by atoms with E-state index in [1.54, 1.807) is 0 Å². The van der Waals surface area contributed by atoms with Gasteiger partial charge in [-0.3, -0.25) is 0 Å². The highest BCUT2D eigenvalue weighted by molar-refractivity contribution is 7.80. The molecule has 1 rings (SSSR count). The molecule has 0 aliphatic rings. The van der Waals surface area contributed by atoms with E-state index in [-0.39, 0.29) is 0 Å². The van der Waals surface area contributed by atoms with Crippen molar-refractivity contribution in [2.24, 2.45) is 5.73 Å². The molecule has 1 aromatic rings. The maximum atomic E-state index is 5.46. The summed E-state index contributed by atoms with van der Waals surface area (Å²) in [4.78, 5) is 0.